The summed E-state index contributed by atoms with van der Waals surface area (Å²) in [5.41, 5.74) is 1.47. The molecule has 0 unspecified atom stereocenters. The van der Waals surface area contributed by atoms with Crippen LogP contribution in [0.5, 0.6) is 0 Å². The molecular weight excluding hydrogens is 292 g/mol. The number of rotatable bonds is 5. The van der Waals surface area contributed by atoms with Crippen LogP contribution >= 0.6 is 34.7 Å². The minimum atomic E-state index is -0.867. The fourth-order valence-electron chi connectivity index (χ4n) is 1.26. The van der Waals surface area contributed by atoms with Crippen molar-refractivity contribution in [3.8, 4) is 0 Å². The van der Waals surface area contributed by atoms with E-state index in [0.717, 1.165) is 10.0 Å². The maximum atomic E-state index is 10.5. The zero-order valence-corrected chi connectivity index (χ0v) is 11.6. The van der Waals surface area contributed by atoms with E-state index in [-0.39, 0.29) is 6.42 Å². The Morgan fingerprint density at radius 1 is 1.39 bits per heavy atom. The number of hydrogen-bond acceptors (Lipinski definition) is 5. The van der Waals surface area contributed by atoms with Gasteiger partial charge in [0, 0.05) is 11.1 Å². The topological polar surface area (TPSA) is 63.1 Å². The van der Waals surface area contributed by atoms with Gasteiger partial charge in [0.1, 0.15) is 5.15 Å². The molecule has 7 heteroatoms. The van der Waals surface area contributed by atoms with Gasteiger partial charge in [-0.3, -0.25) is 4.79 Å². The van der Waals surface area contributed by atoms with E-state index in [0.29, 0.717) is 16.6 Å². The molecule has 0 atom stereocenters. The van der Waals surface area contributed by atoms with Crippen LogP contribution in [0.2, 0.25) is 5.15 Å². The summed E-state index contributed by atoms with van der Waals surface area (Å²) < 4.78 is 0.841. The third-order valence-electron chi connectivity index (χ3n) is 1.98. The molecule has 0 spiro atoms. The van der Waals surface area contributed by atoms with Gasteiger partial charge in [-0.15, -0.1) is 11.3 Å². The molecule has 0 fully saturated rings. The van der Waals surface area contributed by atoms with Crippen molar-refractivity contribution in [2.24, 2.45) is 0 Å². The fourth-order valence-corrected chi connectivity index (χ4v) is 3.19. The third kappa shape index (κ3) is 3.97. The quantitative estimate of drug-likeness (QED) is 0.679. The smallest absolute Gasteiger partial charge is 0.309 e. The second-order valence-electron chi connectivity index (χ2n) is 3.42. The molecule has 0 bridgehead atoms. The van der Waals surface area contributed by atoms with Gasteiger partial charge < -0.3 is 5.11 Å². The molecule has 2 aromatic heterocycles. The fraction of sp³-hybridized carbons (Fsp3) is 0.182. The van der Waals surface area contributed by atoms with Crippen molar-refractivity contribution in [3.05, 3.63) is 40.1 Å². The van der Waals surface area contributed by atoms with Crippen LogP contribution in [0, 0.1) is 0 Å². The summed E-state index contributed by atoms with van der Waals surface area (Å²) in [6.45, 7) is 0. The summed E-state index contributed by atoms with van der Waals surface area (Å²) in [5.74, 6) is -0.200. The van der Waals surface area contributed by atoms with E-state index in [2.05, 4.69) is 9.97 Å². The maximum Gasteiger partial charge on any atom is 0.309 e. The van der Waals surface area contributed by atoms with Crippen molar-refractivity contribution < 1.29 is 9.90 Å². The van der Waals surface area contributed by atoms with Crippen LogP contribution in [-0.4, -0.2) is 21.0 Å². The summed E-state index contributed by atoms with van der Waals surface area (Å²) in [4.78, 5) is 18.9. The van der Waals surface area contributed by atoms with Crippen molar-refractivity contribution in [1.82, 2.24) is 9.97 Å². The Hall–Kier alpha value is -1.11. The van der Waals surface area contributed by atoms with Crippen molar-refractivity contribution in [2.75, 3.05) is 0 Å². The number of carbonyl (C=O) groups is 1. The lowest BCUT2D eigenvalue weighted by atomic mass is 10.3. The van der Waals surface area contributed by atoms with Gasteiger partial charge in [0.25, 0.3) is 0 Å². The Kier molecular flexibility index (Phi) is 4.57. The number of pyridine rings is 1. The Morgan fingerprint density at radius 2 is 2.22 bits per heavy atom. The Bertz CT molecular complexity index is 559. The molecule has 0 aliphatic heterocycles. The molecule has 0 aliphatic carbocycles. The Morgan fingerprint density at radius 3 is 2.94 bits per heavy atom. The number of nitrogens with zero attached hydrogens (tertiary/aromatic N) is 2. The van der Waals surface area contributed by atoms with Crippen LogP contribution < -0.4 is 0 Å². The summed E-state index contributed by atoms with van der Waals surface area (Å²) in [7, 11) is 0. The number of thioether (sulfide) groups is 1. The molecule has 0 saturated heterocycles. The molecule has 18 heavy (non-hydrogen) atoms. The predicted molar refractivity (Wildman–Crippen MR) is 72.3 cm³/mol. The monoisotopic (exact) mass is 300 g/mol. The number of aromatic nitrogens is 2. The first-order valence-electron chi connectivity index (χ1n) is 5.04. The minimum Gasteiger partial charge on any atom is -0.481 e. The Balaban J connectivity index is 1.94. The molecule has 4 nitrogen and oxygen atoms in total. The summed E-state index contributed by atoms with van der Waals surface area (Å²) in [6.07, 6.45) is -0.0352. The molecule has 0 aromatic carbocycles. The highest BCUT2D eigenvalue weighted by molar-refractivity contribution is 8.00. The number of hydrogen-bond donors (Lipinski definition) is 1. The van der Waals surface area contributed by atoms with Crippen molar-refractivity contribution in [3.63, 3.8) is 0 Å². The number of carboxylic acids is 1. The molecular formula is C11H9ClN2O2S2. The van der Waals surface area contributed by atoms with E-state index in [1.807, 2.05) is 12.1 Å². The number of carboxylic acid groups (broad SMARTS) is 1. The highest BCUT2D eigenvalue weighted by Crippen LogP contribution is 2.26. The number of halogens is 1. The van der Waals surface area contributed by atoms with Crippen molar-refractivity contribution in [1.29, 1.82) is 0 Å². The molecule has 0 amide bonds. The van der Waals surface area contributed by atoms with Gasteiger partial charge in [0.15, 0.2) is 4.34 Å². The second-order valence-corrected chi connectivity index (χ2v) is 5.88. The van der Waals surface area contributed by atoms with Gasteiger partial charge in [-0.2, -0.15) is 0 Å². The lowest BCUT2D eigenvalue weighted by molar-refractivity contribution is -0.136. The van der Waals surface area contributed by atoms with Crippen LogP contribution in [0.1, 0.15) is 11.4 Å². The number of aliphatic carboxylic acids is 1. The normalized spacial score (nSPS) is 10.5. The molecule has 2 aromatic rings. The molecule has 1 N–H and O–H groups in total. The first kappa shape index (κ1) is 13.3. The lowest BCUT2D eigenvalue weighted by Gasteiger charge is -1.98. The van der Waals surface area contributed by atoms with Crippen molar-refractivity contribution >= 4 is 40.7 Å². The van der Waals surface area contributed by atoms with E-state index >= 15 is 0 Å². The van der Waals surface area contributed by atoms with E-state index in [9.17, 15) is 4.79 Å². The van der Waals surface area contributed by atoms with E-state index in [4.69, 9.17) is 16.7 Å². The molecule has 2 rings (SSSR count). The van der Waals surface area contributed by atoms with Gasteiger partial charge in [-0.05, 0) is 12.1 Å². The zero-order chi connectivity index (χ0) is 13.0. The van der Waals surface area contributed by atoms with E-state index < -0.39 is 5.97 Å². The van der Waals surface area contributed by atoms with Crippen LogP contribution in [-0.2, 0) is 17.0 Å². The SMILES string of the molecule is O=C(O)Cc1csc(SCc2cccc(Cl)n2)n1. The van der Waals surface area contributed by atoms with Gasteiger partial charge in [0.2, 0.25) is 0 Å². The third-order valence-corrected chi connectivity index (χ3v) is 4.29. The molecule has 0 saturated carbocycles. The van der Waals surface area contributed by atoms with Gasteiger partial charge in [-0.1, -0.05) is 29.4 Å². The Labute approximate surface area is 117 Å². The highest BCUT2D eigenvalue weighted by Gasteiger charge is 2.07. The minimum absolute atomic E-state index is 0.0352. The largest absolute Gasteiger partial charge is 0.481 e. The highest BCUT2D eigenvalue weighted by atomic mass is 35.5. The predicted octanol–water partition coefficient (Wildman–Crippen LogP) is 3.11. The average molecular weight is 301 g/mol. The van der Waals surface area contributed by atoms with Crippen molar-refractivity contribution in [2.45, 2.75) is 16.5 Å². The molecule has 0 radical (unpaired) electrons. The first-order valence-corrected chi connectivity index (χ1v) is 7.28. The average Bonchev–Trinajstić information content (AvgIpc) is 2.73. The van der Waals surface area contributed by atoms with Gasteiger partial charge in [-0.25, -0.2) is 9.97 Å². The van der Waals surface area contributed by atoms with Gasteiger partial charge >= 0.3 is 5.97 Å². The summed E-state index contributed by atoms with van der Waals surface area (Å²) in [6, 6.07) is 5.47. The standard InChI is InChI=1S/C11H9ClN2O2S2/c12-9-3-1-2-7(13-9)5-17-11-14-8(6-18-11)4-10(15)16/h1-3,6H,4-5H2,(H,15,16). The van der Waals surface area contributed by atoms with E-state index in [1.165, 1.54) is 23.1 Å². The molecule has 2 heterocycles. The van der Waals surface area contributed by atoms with Crippen LogP contribution in [0.4, 0.5) is 0 Å². The van der Waals surface area contributed by atoms with Gasteiger partial charge in [0.05, 0.1) is 17.8 Å². The summed E-state index contributed by atoms with van der Waals surface area (Å²) >= 11 is 8.76. The lowest BCUT2D eigenvalue weighted by Crippen LogP contribution is -1.99. The number of thiazole rings is 1. The molecule has 94 valence electrons. The van der Waals surface area contributed by atoms with E-state index in [1.54, 1.807) is 11.4 Å². The van der Waals surface area contributed by atoms with Crippen LogP contribution in [0.3, 0.4) is 0 Å². The first-order chi connectivity index (χ1) is 8.63. The second kappa shape index (κ2) is 6.17. The molecule has 0 aliphatic rings. The zero-order valence-electron chi connectivity index (χ0n) is 9.17. The maximum absolute atomic E-state index is 10.5. The summed E-state index contributed by atoms with van der Waals surface area (Å²) in [5, 5.41) is 10.9. The van der Waals surface area contributed by atoms with Crippen LogP contribution in [0.25, 0.3) is 0 Å². The van der Waals surface area contributed by atoms with Crippen LogP contribution in [0.15, 0.2) is 27.9 Å².